The molecule has 1 aliphatic carbocycles. The van der Waals surface area contributed by atoms with Gasteiger partial charge in [0, 0.05) is 0 Å². The second-order valence-corrected chi connectivity index (χ2v) is 2.46. The van der Waals surface area contributed by atoms with Gasteiger partial charge in [0.05, 0.1) is 0 Å². The molecule has 40 valence electrons. The summed E-state index contributed by atoms with van der Waals surface area (Å²) in [5.74, 6) is 0.0593. The van der Waals surface area contributed by atoms with E-state index in [9.17, 15) is 4.79 Å². The Labute approximate surface area is 55.4 Å². The summed E-state index contributed by atoms with van der Waals surface area (Å²) in [5, 5.41) is 0. The third-order valence-corrected chi connectivity index (χ3v) is 1.39. The van der Waals surface area contributed by atoms with Crippen LogP contribution in [0.1, 0.15) is 0 Å². The third kappa shape index (κ3) is 1.25. The van der Waals surface area contributed by atoms with E-state index in [0.29, 0.717) is 0 Å². The van der Waals surface area contributed by atoms with Gasteiger partial charge in [-0.05, 0) is 0 Å². The minimum absolute atomic E-state index is 0.0593. The monoisotopic (exact) mass is 172 g/mol. The number of rotatable bonds is 0. The van der Waals surface area contributed by atoms with Crippen LogP contribution in [-0.4, -0.2) is 25.8 Å². The molecule has 0 unspecified atom stereocenters. The van der Waals surface area contributed by atoms with Crippen LogP contribution in [0, 0.1) is 0 Å². The molecule has 0 aromatic carbocycles. The molecule has 2 heteroatoms. The summed E-state index contributed by atoms with van der Waals surface area (Å²) >= 11 is 2.79. The second kappa shape index (κ2) is 2.21. The van der Waals surface area contributed by atoms with Crippen LogP contribution in [-0.2, 0) is 4.79 Å². The van der Waals surface area contributed by atoms with Gasteiger partial charge in [0.2, 0.25) is 0 Å². The molecule has 0 amide bonds. The SMILES string of the molecule is O=C1C=CC(=[Se])C=C1. The molecule has 0 aromatic heterocycles. The van der Waals surface area contributed by atoms with E-state index in [1.165, 1.54) is 12.2 Å². The Morgan fingerprint density at radius 1 is 1.12 bits per heavy atom. The fraction of sp³-hybridized carbons (Fsp3) is 0. The zero-order valence-electron chi connectivity index (χ0n) is 4.13. The molecular weight excluding hydrogens is 167 g/mol. The van der Waals surface area contributed by atoms with Crippen molar-refractivity contribution < 1.29 is 4.79 Å². The van der Waals surface area contributed by atoms with Gasteiger partial charge in [-0.3, -0.25) is 0 Å². The summed E-state index contributed by atoms with van der Waals surface area (Å²) in [6.07, 6.45) is 6.57. The van der Waals surface area contributed by atoms with E-state index in [4.69, 9.17) is 0 Å². The van der Waals surface area contributed by atoms with Crippen molar-refractivity contribution in [2.45, 2.75) is 0 Å². The molecular formula is C6H4OSe. The Morgan fingerprint density at radius 2 is 1.62 bits per heavy atom. The molecule has 0 N–H and O–H groups in total. The minimum atomic E-state index is 0.0593. The number of carbonyl (C=O) groups is 1. The molecule has 0 aromatic rings. The number of carbonyl (C=O) groups excluding carboxylic acids is 1. The Balaban J connectivity index is 2.83. The van der Waals surface area contributed by atoms with Crippen LogP contribution in [0.5, 0.6) is 0 Å². The summed E-state index contributed by atoms with van der Waals surface area (Å²) in [6.45, 7) is 0. The quantitative estimate of drug-likeness (QED) is 0.469. The fourth-order valence-electron chi connectivity index (χ4n) is 0.440. The Morgan fingerprint density at radius 3 is 2.00 bits per heavy atom. The van der Waals surface area contributed by atoms with E-state index in [1.54, 1.807) is 12.2 Å². The van der Waals surface area contributed by atoms with Crippen LogP contribution >= 0.6 is 0 Å². The van der Waals surface area contributed by atoms with Gasteiger partial charge in [0.15, 0.2) is 0 Å². The van der Waals surface area contributed by atoms with Crippen molar-refractivity contribution in [3.63, 3.8) is 0 Å². The second-order valence-electron chi connectivity index (χ2n) is 1.47. The maximum atomic E-state index is 10.4. The van der Waals surface area contributed by atoms with Crippen LogP contribution in [0.3, 0.4) is 0 Å². The molecule has 0 radical (unpaired) electrons. The summed E-state index contributed by atoms with van der Waals surface area (Å²) in [7, 11) is 0. The van der Waals surface area contributed by atoms with Gasteiger partial charge in [-0.1, -0.05) is 0 Å². The molecule has 0 atom stereocenters. The van der Waals surface area contributed by atoms with E-state index in [2.05, 4.69) is 15.6 Å². The van der Waals surface area contributed by atoms with Crippen LogP contribution in [0.25, 0.3) is 0 Å². The molecule has 0 saturated carbocycles. The van der Waals surface area contributed by atoms with Gasteiger partial charge in [-0.25, -0.2) is 0 Å². The third-order valence-electron chi connectivity index (χ3n) is 0.824. The van der Waals surface area contributed by atoms with E-state index < -0.39 is 0 Å². The van der Waals surface area contributed by atoms with Crippen molar-refractivity contribution in [1.29, 1.82) is 0 Å². The first-order valence-corrected chi connectivity index (χ1v) is 3.09. The zero-order chi connectivity index (χ0) is 5.98. The summed E-state index contributed by atoms with van der Waals surface area (Å²) < 4.78 is 1.00. The molecule has 0 saturated heterocycles. The molecule has 1 nitrogen and oxygen atoms in total. The van der Waals surface area contributed by atoms with E-state index in [-0.39, 0.29) is 5.78 Å². The maximum absolute atomic E-state index is 10.4. The summed E-state index contributed by atoms with van der Waals surface area (Å²) in [6, 6.07) is 0. The van der Waals surface area contributed by atoms with Gasteiger partial charge >= 0.3 is 54.9 Å². The van der Waals surface area contributed by atoms with Crippen LogP contribution < -0.4 is 0 Å². The number of hydrogen-bond donors (Lipinski definition) is 0. The van der Waals surface area contributed by atoms with Gasteiger partial charge in [0.25, 0.3) is 0 Å². The predicted octanol–water partition coefficient (Wildman–Crippen LogP) is 0.0224. The Kier molecular flexibility index (Phi) is 1.56. The average Bonchev–Trinajstić information content (AvgIpc) is 1.77. The van der Waals surface area contributed by atoms with Crippen LogP contribution in [0.2, 0.25) is 0 Å². The van der Waals surface area contributed by atoms with E-state index in [0.717, 1.165) is 4.42 Å². The topological polar surface area (TPSA) is 17.1 Å². The van der Waals surface area contributed by atoms with Gasteiger partial charge < -0.3 is 0 Å². The molecule has 8 heavy (non-hydrogen) atoms. The fourth-order valence-corrected chi connectivity index (χ4v) is 0.725. The Hall–Kier alpha value is -0.461. The normalized spacial score (nSPS) is 17.5. The van der Waals surface area contributed by atoms with Crippen molar-refractivity contribution in [2.24, 2.45) is 0 Å². The molecule has 0 fully saturated rings. The van der Waals surface area contributed by atoms with E-state index in [1.807, 2.05) is 0 Å². The number of ketones is 1. The molecule has 1 rings (SSSR count). The van der Waals surface area contributed by atoms with Crippen molar-refractivity contribution in [3.05, 3.63) is 24.3 Å². The first kappa shape index (κ1) is 5.67. The number of allylic oxidation sites excluding steroid dienone is 4. The average molecular weight is 171 g/mol. The Bertz CT molecular complexity index is 151. The summed E-state index contributed by atoms with van der Waals surface area (Å²) in [4.78, 5) is 10.4. The molecule has 0 spiro atoms. The van der Waals surface area contributed by atoms with Gasteiger partial charge in [-0.15, -0.1) is 0 Å². The van der Waals surface area contributed by atoms with Crippen molar-refractivity contribution >= 4 is 25.8 Å². The molecule has 0 aliphatic heterocycles. The summed E-state index contributed by atoms with van der Waals surface area (Å²) in [5.41, 5.74) is 0. The zero-order valence-corrected chi connectivity index (χ0v) is 5.84. The van der Waals surface area contributed by atoms with Gasteiger partial charge in [0.1, 0.15) is 0 Å². The number of hydrogen-bond acceptors (Lipinski definition) is 1. The van der Waals surface area contributed by atoms with Crippen molar-refractivity contribution in [3.8, 4) is 0 Å². The van der Waals surface area contributed by atoms with Gasteiger partial charge in [-0.2, -0.15) is 0 Å². The van der Waals surface area contributed by atoms with E-state index >= 15 is 0 Å². The molecule has 1 aliphatic rings. The molecule has 0 heterocycles. The predicted molar refractivity (Wildman–Crippen MR) is 34.0 cm³/mol. The first-order valence-electron chi connectivity index (χ1n) is 2.23. The van der Waals surface area contributed by atoms with Crippen LogP contribution in [0.4, 0.5) is 0 Å². The standard InChI is InChI=1S/C6H4OSe/c7-5-1-3-6(8)4-2-5/h1-4H. The molecule has 0 bridgehead atoms. The van der Waals surface area contributed by atoms with Crippen LogP contribution in [0.15, 0.2) is 24.3 Å². The van der Waals surface area contributed by atoms with Crippen molar-refractivity contribution in [2.75, 3.05) is 0 Å². The van der Waals surface area contributed by atoms with Crippen molar-refractivity contribution in [1.82, 2.24) is 0 Å². The first-order chi connectivity index (χ1) is 3.79.